The minimum Gasteiger partial charge on any atom is -0.480 e. The molecule has 0 aromatic carbocycles. The monoisotopic (exact) mass is 247 g/mol. The predicted molar refractivity (Wildman–Crippen MR) is 62.5 cm³/mol. The molecule has 0 bridgehead atoms. The van der Waals surface area contributed by atoms with Gasteiger partial charge in [-0.2, -0.15) is 5.26 Å². The molecule has 0 aliphatic rings. The predicted octanol–water partition coefficient (Wildman–Crippen LogP) is 0.814. The summed E-state index contributed by atoms with van der Waals surface area (Å²) in [5.74, 6) is -2.08. The van der Waals surface area contributed by atoms with Gasteiger partial charge in [-0.3, -0.25) is 9.78 Å². The molecule has 0 fully saturated rings. The number of carbonyl (C=O) groups excluding carboxylic acids is 1. The van der Waals surface area contributed by atoms with Crippen molar-refractivity contribution in [2.75, 3.05) is 0 Å². The number of carboxylic acid groups (broad SMARTS) is 1. The number of nitrogens with zero attached hydrogens (tertiary/aromatic N) is 2. The van der Waals surface area contributed by atoms with Crippen molar-refractivity contribution in [2.45, 2.75) is 19.4 Å². The summed E-state index contributed by atoms with van der Waals surface area (Å²) in [6, 6.07) is 3.85. The molecule has 94 valence electrons. The lowest BCUT2D eigenvalue weighted by Crippen LogP contribution is -2.41. The van der Waals surface area contributed by atoms with Gasteiger partial charge in [0.2, 0.25) is 0 Å². The first-order chi connectivity index (χ1) is 8.54. The summed E-state index contributed by atoms with van der Waals surface area (Å²) < 4.78 is 0. The van der Waals surface area contributed by atoms with Crippen molar-refractivity contribution in [3.63, 3.8) is 0 Å². The van der Waals surface area contributed by atoms with E-state index in [-0.39, 0.29) is 6.42 Å². The van der Waals surface area contributed by atoms with E-state index in [1.165, 1.54) is 24.5 Å². The van der Waals surface area contributed by atoms with Gasteiger partial charge >= 0.3 is 5.97 Å². The Hall–Kier alpha value is -2.42. The zero-order chi connectivity index (χ0) is 13.5. The molecular formula is C12H13N3O3. The van der Waals surface area contributed by atoms with E-state index in [1.807, 2.05) is 6.07 Å². The topological polar surface area (TPSA) is 103 Å². The second-order valence-corrected chi connectivity index (χ2v) is 3.87. The third-order valence-electron chi connectivity index (χ3n) is 2.36. The number of hydrogen-bond acceptors (Lipinski definition) is 4. The Morgan fingerprint density at radius 1 is 1.50 bits per heavy atom. The molecule has 18 heavy (non-hydrogen) atoms. The minimum absolute atomic E-state index is 0.0721. The van der Waals surface area contributed by atoms with E-state index < -0.39 is 23.8 Å². The highest BCUT2D eigenvalue weighted by Crippen LogP contribution is 2.06. The van der Waals surface area contributed by atoms with Crippen molar-refractivity contribution in [2.24, 2.45) is 5.92 Å². The summed E-state index contributed by atoms with van der Waals surface area (Å²) >= 11 is 0. The maximum absolute atomic E-state index is 11.7. The van der Waals surface area contributed by atoms with Crippen LogP contribution < -0.4 is 5.32 Å². The zero-order valence-electron chi connectivity index (χ0n) is 9.83. The number of nitriles is 1. The van der Waals surface area contributed by atoms with Crippen molar-refractivity contribution < 1.29 is 14.7 Å². The van der Waals surface area contributed by atoms with Crippen LogP contribution in [0.2, 0.25) is 0 Å². The van der Waals surface area contributed by atoms with Gasteiger partial charge in [-0.15, -0.1) is 0 Å². The summed E-state index contributed by atoms with van der Waals surface area (Å²) in [5.41, 5.74) is 0.334. The standard InChI is InChI=1S/C12H13N3O3/c1-8(7-13)6-10(12(17)18)15-11(16)9-2-4-14-5-3-9/h2-5,8,10H,6H2,1H3,(H,15,16)(H,17,18)/t8-,10+/m1/s1. The largest absolute Gasteiger partial charge is 0.480 e. The molecule has 2 N–H and O–H groups in total. The van der Waals surface area contributed by atoms with E-state index in [0.29, 0.717) is 5.56 Å². The third kappa shape index (κ3) is 3.87. The van der Waals surface area contributed by atoms with Crippen LogP contribution in [0.5, 0.6) is 0 Å². The van der Waals surface area contributed by atoms with E-state index in [0.717, 1.165) is 0 Å². The summed E-state index contributed by atoms with van der Waals surface area (Å²) in [6.45, 7) is 1.61. The summed E-state index contributed by atoms with van der Waals surface area (Å²) in [4.78, 5) is 26.5. The van der Waals surface area contributed by atoms with Crippen LogP contribution in [0.1, 0.15) is 23.7 Å². The molecule has 0 radical (unpaired) electrons. The molecule has 0 saturated heterocycles. The Morgan fingerprint density at radius 3 is 2.61 bits per heavy atom. The molecule has 1 aromatic rings. The van der Waals surface area contributed by atoms with Gasteiger partial charge in [0, 0.05) is 23.9 Å². The van der Waals surface area contributed by atoms with Crippen LogP contribution in [-0.2, 0) is 4.79 Å². The molecule has 0 aliphatic heterocycles. The molecule has 2 atom stereocenters. The number of nitrogens with one attached hydrogen (secondary N) is 1. The number of amides is 1. The molecule has 1 amide bonds. The summed E-state index contributed by atoms with van der Waals surface area (Å²) in [7, 11) is 0. The van der Waals surface area contributed by atoms with Crippen LogP contribution in [0.25, 0.3) is 0 Å². The molecule has 6 heteroatoms. The number of rotatable bonds is 5. The molecule has 1 rings (SSSR count). The molecular weight excluding hydrogens is 234 g/mol. The van der Waals surface area contributed by atoms with Gasteiger partial charge in [0.05, 0.1) is 6.07 Å². The zero-order valence-corrected chi connectivity index (χ0v) is 9.83. The second kappa shape index (κ2) is 6.35. The first kappa shape index (κ1) is 13.6. The van der Waals surface area contributed by atoms with E-state index in [1.54, 1.807) is 6.92 Å². The molecule has 1 heterocycles. The number of carbonyl (C=O) groups is 2. The normalized spacial score (nSPS) is 13.1. The van der Waals surface area contributed by atoms with Gasteiger partial charge in [-0.25, -0.2) is 4.79 Å². The first-order valence-electron chi connectivity index (χ1n) is 5.38. The van der Waals surface area contributed by atoms with Gasteiger partial charge < -0.3 is 10.4 Å². The van der Waals surface area contributed by atoms with Crippen LogP contribution in [0.3, 0.4) is 0 Å². The maximum Gasteiger partial charge on any atom is 0.326 e. The van der Waals surface area contributed by atoms with Crippen LogP contribution >= 0.6 is 0 Å². The first-order valence-corrected chi connectivity index (χ1v) is 5.38. The van der Waals surface area contributed by atoms with Gasteiger partial charge in [0.25, 0.3) is 5.91 Å². The molecule has 0 spiro atoms. The van der Waals surface area contributed by atoms with Gasteiger partial charge in [0.1, 0.15) is 6.04 Å². The van der Waals surface area contributed by atoms with Crippen LogP contribution in [-0.4, -0.2) is 28.0 Å². The summed E-state index contributed by atoms with van der Waals surface area (Å²) in [5, 5.41) is 20.0. The van der Waals surface area contributed by atoms with Crippen molar-refractivity contribution in [1.82, 2.24) is 10.3 Å². The van der Waals surface area contributed by atoms with Gasteiger partial charge in [-0.1, -0.05) is 0 Å². The maximum atomic E-state index is 11.7. The minimum atomic E-state index is -1.15. The highest BCUT2D eigenvalue weighted by atomic mass is 16.4. The average molecular weight is 247 g/mol. The highest BCUT2D eigenvalue weighted by molar-refractivity contribution is 5.96. The molecule has 6 nitrogen and oxygen atoms in total. The van der Waals surface area contributed by atoms with Gasteiger partial charge in [-0.05, 0) is 25.5 Å². The Morgan fingerprint density at radius 2 is 2.11 bits per heavy atom. The molecule has 0 saturated carbocycles. The van der Waals surface area contributed by atoms with E-state index in [9.17, 15) is 9.59 Å². The van der Waals surface area contributed by atoms with Crippen molar-refractivity contribution in [3.05, 3.63) is 30.1 Å². The van der Waals surface area contributed by atoms with E-state index in [4.69, 9.17) is 10.4 Å². The van der Waals surface area contributed by atoms with Gasteiger partial charge in [0.15, 0.2) is 0 Å². The van der Waals surface area contributed by atoms with Crippen LogP contribution in [0, 0.1) is 17.2 Å². The van der Waals surface area contributed by atoms with E-state index in [2.05, 4.69) is 10.3 Å². The number of aromatic nitrogens is 1. The van der Waals surface area contributed by atoms with E-state index >= 15 is 0 Å². The number of pyridine rings is 1. The fourth-order valence-corrected chi connectivity index (χ4v) is 1.37. The van der Waals surface area contributed by atoms with Crippen molar-refractivity contribution in [1.29, 1.82) is 5.26 Å². The Bertz CT molecular complexity index is 467. The highest BCUT2D eigenvalue weighted by Gasteiger charge is 2.22. The lowest BCUT2D eigenvalue weighted by Gasteiger charge is -2.15. The van der Waals surface area contributed by atoms with Crippen molar-refractivity contribution in [3.8, 4) is 6.07 Å². The SMILES string of the molecule is C[C@@H](C#N)C[C@H](NC(=O)c1ccncc1)C(=O)O. The van der Waals surface area contributed by atoms with Crippen molar-refractivity contribution >= 4 is 11.9 Å². The quantitative estimate of drug-likeness (QED) is 0.801. The second-order valence-electron chi connectivity index (χ2n) is 3.87. The molecule has 1 aromatic heterocycles. The smallest absolute Gasteiger partial charge is 0.326 e. The lowest BCUT2D eigenvalue weighted by atomic mass is 10.0. The Balaban J connectivity index is 2.71. The Labute approximate surface area is 104 Å². The molecule has 0 unspecified atom stereocenters. The fourth-order valence-electron chi connectivity index (χ4n) is 1.37. The van der Waals surface area contributed by atoms with Crippen LogP contribution in [0.4, 0.5) is 0 Å². The fraction of sp³-hybridized carbons (Fsp3) is 0.333. The number of aliphatic carboxylic acids is 1. The summed E-state index contributed by atoms with van der Waals surface area (Å²) in [6.07, 6.45) is 2.97. The number of hydrogen-bond donors (Lipinski definition) is 2. The Kier molecular flexibility index (Phi) is 4.81. The third-order valence-corrected chi connectivity index (χ3v) is 2.36. The molecule has 0 aliphatic carbocycles. The number of carboxylic acids is 1. The van der Waals surface area contributed by atoms with Crippen LogP contribution in [0.15, 0.2) is 24.5 Å². The lowest BCUT2D eigenvalue weighted by molar-refractivity contribution is -0.139. The average Bonchev–Trinajstić information content (AvgIpc) is 2.38.